The summed E-state index contributed by atoms with van der Waals surface area (Å²) in [6.07, 6.45) is 1.28. The summed E-state index contributed by atoms with van der Waals surface area (Å²) in [5.41, 5.74) is 1.81. The van der Waals surface area contributed by atoms with E-state index in [1.54, 1.807) is 4.90 Å². The molecule has 0 heterocycles. The molecule has 0 aliphatic carbocycles. The van der Waals surface area contributed by atoms with E-state index in [9.17, 15) is 9.59 Å². The largest absolute Gasteiger partial charge is 0.333 e. The maximum atomic E-state index is 12.0. The Hall–Kier alpha value is -1.84. The number of carbonyl (C=O) groups excluding carboxylic acids is 2. The second-order valence-corrected chi connectivity index (χ2v) is 4.53. The Kier molecular flexibility index (Phi) is 6.06. The van der Waals surface area contributed by atoms with Gasteiger partial charge in [0.15, 0.2) is 0 Å². The molecule has 4 nitrogen and oxygen atoms in total. The average molecular weight is 262 g/mol. The van der Waals surface area contributed by atoms with Crippen molar-refractivity contribution in [3.63, 3.8) is 0 Å². The van der Waals surface area contributed by atoms with Crippen molar-refractivity contribution in [3.05, 3.63) is 29.8 Å². The first-order valence-electron chi connectivity index (χ1n) is 6.71. The fourth-order valence-corrected chi connectivity index (χ4v) is 1.86. The number of hydrogen-bond acceptors (Lipinski definition) is 2. The molecule has 0 unspecified atom stereocenters. The number of carbonyl (C=O) groups is 2. The van der Waals surface area contributed by atoms with Gasteiger partial charge in [-0.15, -0.1) is 0 Å². The molecule has 1 rings (SSSR count). The predicted octanol–water partition coefficient (Wildman–Crippen LogP) is 2.58. The highest BCUT2D eigenvalue weighted by Crippen LogP contribution is 2.13. The van der Waals surface area contributed by atoms with Gasteiger partial charge >= 0.3 is 0 Å². The van der Waals surface area contributed by atoms with Crippen molar-refractivity contribution in [3.8, 4) is 0 Å². The highest BCUT2D eigenvalue weighted by molar-refractivity contribution is 5.95. The van der Waals surface area contributed by atoms with Crippen molar-refractivity contribution in [2.75, 3.05) is 18.4 Å². The molecular weight excluding hydrogens is 240 g/mol. The predicted molar refractivity (Wildman–Crippen MR) is 77.0 cm³/mol. The van der Waals surface area contributed by atoms with Gasteiger partial charge in [-0.05, 0) is 25.0 Å². The Morgan fingerprint density at radius 2 is 1.89 bits per heavy atom. The SMILES string of the molecule is CCCN(CC(=O)Nc1ccccc1C)C(=O)CC. The van der Waals surface area contributed by atoms with Crippen LogP contribution >= 0.6 is 0 Å². The lowest BCUT2D eigenvalue weighted by Crippen LogP contribution is -2.38. The van der Waals surface area contributed by atoms with Gasteiger partial charge in [-0.2, -0.15) is 0 Å². The first kappa shape index (κ1) is 15.2. The van der Waals surface area contributed by atoms with Gasteiger partial charge < -0.3 is 10.2 Å². The number of nitrogens with zero attached hydrogens (tertiary/aromatic N) is 1. The average Bonchev–Trinajstić information content (AvgIpc) is 2.40. The Balaban J connectivity index is 2.63. The Bertz CT molecular complexity index is 444. The monoisotopic (exact) mass is 262 g/mol. The molecule has 0 saturated heterocycles. The molecule has 0 saturated carbocycles. The zero-order chi connectivity index (χ0) is 14.3. The highest BCUT2D eigenvalue weighted by Gasteiger charge is 2.15. The topological polar surface area (TPSA) is 49.4 Å². The third-order valence-corrected chi connectivity index (χ3v) is 2.90. The zero-order valence-corrected chi connectivity index (χ0v) is 11.9. The van der Waals surface area contributed by atoms with Crippen LogP contribution in [0.1, 0.15) is 32.3 Å². The summed E-state index contributed by atoms with van der Waals surface area (Å²) >= 11 is 0. The van der Waals surface area contributed by atoms with E-state index in [0.717, 1.165) is 17.7 Å². The summed E-state index contributed by atoms with van der Waals surface area (Å²) in [6.45, 7) is 6.48. The number of hydrogen-bond donors (Lipinski definition) is 1. The number of rotatable bonds is 6. The minimum atomic E-state index is -0.149. The summed E-state index contributed by atoms with van der Waals surface area (Å²) in [6, 6.07) is 7.61. The van der Waals surface area contributed by atoms with E-state index in [4.69, 9.17) is 0 Å². The summed E-state index contributed by atoms with van der Waals surface area (Å²) in [5, 5.41) is 2.85. The van der Waals surface area contributed by atoms with E-state index in [1.807, 2.05) is 45.0 Å². The van der Waals surface area contributed by atoms with Gasteiger partial charge in [0.05, 0.1) is 6.54 Å². The van der Waals surface area contributed by atoms with Gasteiger partial charge in [0, 0.05) is 18.7 Å². The Morgan fingerprint density at radius 1 is 1.21 bits per heavy atom. The zero-order valence-electron chi connectivity index (χ0n) is 11.9. The van der Waals surface area contributed by atoms with Gasteiger partial charge in [0.25, 0.3) is 0 Å². The van der Waals surface area contributed by atoms with Crippen LogP contribution in [0.15, 0.2) is 24.3 Å². The maximum Gasteiger partial charge on any atom is 0.244 e. The van der Waals surface area contributed by atoms with Crippen LogP contribution in [0.2, 0.25) is 0 Å². The molecule has 1 aromatic carbocycles. The molecule has 19 heavy (non-hydrogen) atoms. The minimum absolute atomic E-state index is 0.0155. The van der Waals surface area contributed by atoms with Crippen LogP contribution in [0, 0.1) is 6.92 Å². The van der Waals surface area contributed by atoms with Crippen molar-refractivity contribution in [1.82, 2.24) is 4.90 Å². The van der Waals surface area contributed by atoms with Crippen LogP contribution in [0.4, 0.5) is 5.69 Å². The number of benzene rings is 1. The van der Waals surface area contributed by atoms with Crippen LogP contribution in [-0.4, -0.2) is 29.8 Å². The fraction of sp³-hybridized carbons (Fsp3) is 0.467. The van der Waals surface area contributed by atoms with Crippen molar-refractivity contribution in [1.29, 1.82) is 0 Å². The number of para-hydroxylation sites is 1. The first-order valence-corrected chi connectivity index (χ1v) is 6.71. The molecule has 0 fully saturated rings. The molecule has 0 aromatic heterocycles. The standard InChI is InChI=1S/C15H22N2O2/c1-4-10-17(15(19)5-2)11-14(18)16-13-9-7-6-8-12(13)3/h6-9H,4-5,10-11H2,1-3H3,(H,16,18). The van der Waals surface area contributed by atoms with Crippen molar-refractivity contribution >= 4 is 17.5 Å². The molecule has 4 heteroatoms. The van der Waals surface area contributed by atoms with Crippen molar-refractivity contribution < 1.29 is 9.59 Å². The summed E-state index contributed by atoms with van der Waals surface area (Å²) in [4.78, 5) is 25.3. The van der Waals surface area contributed by atoms with Crippen LogP contribution in [-0.2, 0) is 9.59 Å². The molecule has 0 spiro atoms. The van der Waals surface area contributed by atoms with Crippen molar-refractivity contribution in [2.45, 2.75) is 33.6 Å². The summed E-state index contributed by atoms with van der Waals surface area (Å²) < 4.78 is 0. The second kappa shape index (κ2) is 7.56. The van der Waals surface area contributed by atoms with Crippen LogP contribution in [0.3, 0.4) is 0 Å². The number of nitrogens with one attached hydrogen (secondary N) is 1. The molecule has 1 N–H and O–H groups in total. The Morgan fingerprint density at radius 3 is 2.47 bits per heavy atom. The van der Waals surface area contributed by atoms with Gasteiger partial charge in [0.2, 0.25) is 11.8 Å². The molecule has 0 aliphatic rings. The highest BCUT2D eigenvalue weighted by atomic mass is 16.2. The lowest BCUT2D eigenvalue weighted by Gasteiger charge is -2.21. The van der Waals surface area contributed by atoms with Gasteiger partial charge in [-0.1, -0.05) is 32.0 Å². The van der Waals surface area contributed by atoms with Gasteiger partial charge in [0.1, 0.15) is 0 Å². The summed E-state index contributed by atoms with van der Waals surface area (Å²) in [5.74, 6) is -0.133. The third-order valence-electron chi connectivity index (χ3n) is 2.90. The third kappa shape index (κ3) is 4.73. The first-order chi connectivity index (χ1) is 9.08. The Labute approximate surface area is 114 Å². The fourth-order valence-electron chi connectivity index (χ4n) is 1.86. The second-order valence-electron chi connectivity index (χ2n) is 4.53. The van der Waals surface area contributed by atoms with E-state index in [-0.39, 0.29) is 18.4 Å². The van der Waals surface area contributed by atoms with E-state index < -0.39 is 0 Å². The lowest BCUT2D eigenvalue weighted by molar-refractivity contribution is -0.134. The van der Waals surface area contributed by atoms with Crippen molar-refractivity contribution in [2.24, 2.45) is 0 Å². The maximum absolute atomic E-state index is 12.0. The molecule has 2 amide bonds. The minimum Gasteiger partial charge on any atom is -0.333 e. The van der Waals surface area contributed by atoms with Crippen LogP contribution in [0.5, 0.6) is 0 Å². The lowest BCUT2D eigenvalue weighted by atomic mass is 10.2. The van der Waals surface area contributed by atoms with Crippen LogP contribution in [0.25, 0.3) is 0 Å². The molecule has 0 aliphatic heterocycles. The summed E-state index contributed by atoms with van der Waals surface area (Å²) in [7, 11) is 0. The van der Waals surface area contributed by atoms with Gasteiger partial charge in [-0.3, -0.25) is 9.59 Å². The smallest absolute Gasteiger partial charge is 0.244 e. The van der Waals surface area contributed by atoms with E-state index in [0.29, 0.717) is 13.0 Å². The molecule has 0 atom stereocenters. The molecule has 0 radical (unpaired) electrons. The van der Waals surface area contributed by atoms with E-state index in [1.165, 1.54) is 0 Å². The molecule has 0 bridgehead atoms. The number of anilines is 1. The van der Waals surface area contributed by atoms with Gasteiger partial charge in [-0.25, -0.2) is 0 Å². The molecule has 104 valence electrons. The van der Waals surface area contributed by atoms with E-state index in [2.05, 4.69) is 5.32 Å². The van der Waals surface area contributed by atoms with E-state index >= 15 is 0 Å². The number of aryl methyl sites for hydroxylation is 1. The van der Waals surface area contributed by atoms with Crippen LogP contribution < -0.4 is 5.32 Å². The normalized spacial score (nSPS) is 10.1. The molecular formula is C15H22N2O2. The number of amides is 2. The molecule has 1 aromatic rings. The quantitative estimate of drug-likeness (QED) is 0.856.